The highest BCUT2D eigenvalue weighted by Crippen LogP contribution is 2.50. The number of unbranched alkanes of at least 4 members (excludes halogenated alkanes) is 3. The summed E-state index contributed by atoms with van der Waals surface area (Å²) in [5.74, 6) is -3.03. The van der Waals surface area contributed by atoms with Crippen LogP contribution in [0.15, 0.2) is 0 Å². The standard InChI is InChI=1S/C13H26O4/c1-4-5-6-7-8-12(15)13(16,17-12)11(14)9-10(2)3/h10-11,14-16H,4-9H2,1-3H3. The molecule has 0 aromatic carbocycles. The number of aliphatic hydroxyl groups excluding tert-OH is 1. The maximum atomic E-state index is 10.00. The Morgan fingerprint density at radius 3 is 2.29 bits per heavy atom. The van der Waals surface area contributed by atoms with Gasteiger partial charge < -0.3 is 20.1 Å². The fourth-order valence-electron chi connectivity index (χ4n) is 2.19. The number of hydrogen-bond donors (Lipinski definition) is 3. The summed E-state index contributed by atoms with van der Waals surface area (Å²) in [7, 11) is 0. The first-order valence-electron chi connectivity index (χ1n) is 6.68. The molecule has 0 aromatic heterocycles. The third kappa shape index (κ3) is 3.41. The molecule has 102 valence electrons. The molecule has 0 saturated carbocycles. The van der Waals surface area contributed by atoms with E-state index in [9.17, 15) is 15.3 Å². The number of ether oxygens (including phenoxy) is 1. The zero-order valence-corrected chi connectivity index (χ0v) is 11.1. The van der Waals surface area contributed by atoms with Crippen LogP contribution in [0.3, 0.4) is 0 Å². The third-order valence-electron chi connectivity index (χ3n) is 3.36. The Morgan fingerprint density at radius 1 is 1.12 bits per heavy atom. The van der Waals surface area contributed by atoms with Crippen molar-refractivity contribution in [2.45, 2.75) is 77.0 Å². The lowest BCUT2D eigenvalue weighted by Gasteiger charge is -2.18. The normalized spacial score (nSPS) is 34.1. The smallest absolute Gasteiger partial charge is 0.250 e. The zero-order chi connectivity index (χ0) is 13.1. The topological polar surface area (TPSA) is 73.2 Å². The highest BCUT2D eigenvalue weighted by molar-refractivity contribution is 5.04. The maximum absolute atomic E-state index is 10.00. The minimum atomic E-state index is -1.75. The second kappa shape index (κ2) is 5.65. The molecule has 1 saturated heterocycles. The summed E-state index contributed by atoms with van der Waals surface area (Å²) in [4.78, 5) is 0. The van der Waals surface area contributed by atoms with E-state index in [2.05, 4.69) is 6.92 Å². The second-order valence-electron chi connectivity index (χ2n) is 5.54. The predicted molar refractivity (Wildman–Crippen MR) is 65.2 cm³/mol. The van der Waals surface area contributed by atoms with Crippen molar-refractivity contribution < 1.29 is 20.1 Å². The van der Waals surface area contributed by atoms with Crippen molar-refractivity contribution in [2.24, 2.45) is 5.92 Å². The van der Waals surface area contributed by atoms with Crippen molar-refractivity contribution >= 4 is 0 Å². The van der Waals surface area contributed by atoms with Gasteiger partial charge in [-0.15, -0.1) is 0 Å². The molecular formula is C13H26O4. The van der Waals surface area contributed by atoms with Gasteiger partial charge in [-0.05, 0) is 18.8 Å². The quantitative estimate of drug-likeness (QED) is 0.451. The molecule has 0 aliphatic carbocycles. The van der Waals surface area contributed by atoms with Crippen LogP contribution in [0.25, 0.3) is 0 Å². The van der Waals surface area contributed by atoms with Gasteiger partial charge in [-0.1, -0.05) is 40.0 Å². The van der Waals surface area contributed by atoms with Crippen LogP contribution in [-0.4, -0.2) is 33.0 Å². The molecule has 0 aromatic rings. The van der Waals surface area contributed by atoms with Crippen LogP contribution >= 0.6 is 0 Å². The molecule has 1 aliphatic rings. The molecule has 4 nitrogen and oxygen atoms in total. The van der Waals surface area contributed by atoms with E-state index < -0.39 is 17.7 Å². The number of epoxide rings is 1. The van der Waals surface area contributed by atoms with Crippen molar-refractivity contribution in [3.8, 4) is 0 Å². The van der Waals surface area contributed by atoms with E-state index in [4.69, 9.17) is 4.74 Å². The number of aliphatic hydroxyl groups is 3. The first-order valence-corrected chi connectivity index (χ1v) is 6.68. The fraction of sp³-hybridized carbons (Fsp3) is 1.00. The highest BCUT2D eigenvalue weighted by Gasteiger charge is 2.72. The minimum absolute atomic E-state index is 0.252. The SMILES string of the molecule is CCCCCCC1(O)OC1(O)C(O)CC(C)C. The first-order chi connectivity index (χ1) is 7.85. The summed E-state index contributed by atoms with van der Waals surface area (Å²) >= 11 is 0. The lowest BCUT2D eigenvalue weighted by atomic mass is 9.96. The summed E-state index contributed by atoms with van der Waals surface area (Å²) < 4.78 is 5.00. The summed E-state index contributed by atoms with van der Waals surface area (Å²) in [5, 5.41) is 29.8. The molecule has 0 bridgehead atoms. The molecule has 17 heavy (non-hydrogen) atoms. The molecule has 0 amide bonds. The van der Waals surface area contributed by atoms with E-state index in [1.807, 2.05) is 13.8 Å². The van der Waals surface area contributed by atoms with Gasteiger partial charge in [0.05, 0.1) is 0 Å². The Hall–Kier alpha value is -0.160. The van der Waals surface area contributed by atoms with Gasteiger partial charge in [0.25, 0.3) is 5.79 Å². The lowest BCUT2D eigenvalue weighted by molar-refractivity contribution is -0.0872. The molecule has 1 aliphatic heterocycles. The Kier molecular flexibility index (Phi) is 4.95. The zero-order valence-electron chi connectivity index (χ0n) is 11.1. The average molecular weight is 246 g/mol. The molecule has 1 heterocycles. The number of rotatable bonds is 8. The number of hydrogen-bond acceptors (Lipinski definition) is 4. The van der Waals surface area contributed by atoms with Gasteiger partial charge in [-0.2, -0.15) is 0 Å². The van der Waals surface area contributed by atoms with Crippen LogP contribution in [-0.2, 0) is 4.74 Å². The van der Waals surface area contributed by atoms with Gasteiger partial charge in [0.2, 0.25) is 5.79 Å². The fourth-order valence-corrected chi connectivity index (χ4v) is 2.19. The van der Waals surface area contributed by atoms with Gasteiger partial charge in [0.1, 0.15) is 6.10 Å². The van der Waals surface area contributed by atoms with Crippen LogP contribution in [0.2, 0.25) is 0 Å². The van der Waals surface area contributed by atoms with Gasteiger partial charge in [0.15, 0.2) is 0 Å². The molecule has 3 unspecified atom stereocenters. The van der Waals surface area contributed by atoms with Crippen molar-refractivity contribution in [3.63, 3.8) is 0 Å². The molecule has 3 N–H and O–H groups in total. The molecule has 1 rings (SSSR count). The average Bonchev–Trinajstić information content (AvgIpc) is 2.78. The second-order valence-corrected chi connectivity index (χ2v) is 5.54. The van der Waals surface area contributed by atoms with Crippen LogP contribution < -0.4 is 0 Å². The molecule has 4 heteroatoms. The van der Waals surface area contributed by atoms with Crippen molar-refractivity contribution in [3.05, 3.63) is 0 Å². The first kappa shape index (κ1) is 14.9. The van der Waals surface area contributed by atoms with Crippen LogP contribution in [0, 0.1) is 5.92 Å². The monoisotopic (exact) mass is 246 g/mol. The van der Waals surface area contributed by atoms with Crippen molar-refractivity contribution in [2.75, 3.05) is 0 Å². The maximum Gasteiger partial charge on any atom is 0.250 e. The van der Waals surface area contributed by atoms with Crippen molar-refractivity contribution in [1.82, 2.24) is 0 Å². The van der Waals surface area contributed by atoms with E-state index >= 15 is 0 Å². The summed E-state index contributed by atoms with van der Waals surface area (Å²) in [6.07, 6.45) is 3.85. The predicted octanol–water partition coefficient (Wildman–Crippen LogP) is 1.77. The Labute approximate surface area is 104 Å². The van der Waals surface area contributed by atoms with E-state index in [1.54, 1.807) is 0 Å². The Morgan fingerprint density at radius 2 is 1.76 bits per heavy atom. The Bertz CT molecular complexity index is 244. The molecule has 0 spiro atoms. The Balaban J connectivity index is 2.36. The van der Waals surface area contributed by atoms with E-state index in [1.165, 1.54) is 0 Å². The van der Waals surface area contributed by atoms with Crippen LogP contribution in [0.5, 0.6) is 0 Å². The lowest BCUT2D eigenvalue weighted by Crippen LogP contribution is -2.38. The molecule has 0 radical (unpaired) electrons. The highest BCUT2D eigenvalue weighted by atomic mass is 16.8. The summed E-state index contributed by atoms with van der Waals surface area (Å²) in [5.41, 5.74) is 0. The van der Waals surface area contributed by atoms with Gasteiger partial charge in [0, 0.05) is 6.42 Å². The molecule has 1 fully saturated rings. The van der Waals surface area contributed by atoms with Gasteiger partial charge in [-0.3, -0.25) is 0 Å². The summed E-state index contributed by atoms with van der Waals surface area (Å²) in [6, 6.07) is 0. The molecule has 3 atom stereocenters. The van der Waals surface area contributed by atoms with Crippen LogP contribution in [0.1, 0.15) is 59.3 Å². The van der Waals surface area contributed by atoms with Gasteiger partial charge in [-0.25, -0.2) is 0 Å². The van der Waals surface area contributed by atoms with E-state index in [0.717, 1.165) is 25.7 Å². The van der Waals surface area contributed by atoms with Crippen LogP contribution in [0.4, 0.5) is 0 Å². The van der Waals surface area contributed by atoms with Crippen molar-refractivity contribution in [1.29, 1.82) is 0 Å². The largest absolute Gasteiger partial charge is 0.387 e. The van der Waals surface area contributed by atoms with Gasteiger partial charge >= 0.3 is 0 Å². The minimum Gasteiger partial charge on any atom is -0.387 e. The van der Waals surface area contributed by atoms with E-state index in [-0.39, 0.29) is 5.92 Å². The summed E-state index contributed by atoms with van der Waals surface area (Å²) in [6.45, 7) is 6.02. The third-order valence-corrected chi connectivity index (χ3v) is 3.36. The molecular weight excluding hydrogens is 220 g/mol. The van der Waals surface area contributed by atoms with E-state index in [0.29, 0.717) is 12.8 Å².